The van der Waals surface area contributed by atoms with Crippen molar-refractivity contribution in [3.63, 3.8) is 0 Å². The lowest BCUT2D eigenvalue weighted by atomic mass is 10.0. The van der Waals surface area contributed by atoms with E-state index in [1.54, 1.807) is 0 Å². The third kappa shape index (κ3) is 9.84. The fourth-order valence-electron chi connectivity index (χ4n) is 2.96. The minimum absolute atomic E-state index is 0.0172. The lowest BCUT2D eigenvalue weighted by Crippen LogP contribution is -2.30. The Morgan fingerprint density at radius 1 is 1.14 bits per heavy atom. The summed E-state index contributed by atoms with van der Waals surface area (Å²) < 4.78 is 5.48. The summed E-state index contributed by atoms with van der Waals surface area (Å²) in [5, 5.41) is 5.60. The van der Waals surface area contributed by atoms with Gasteiger partial charge in [-0.2, -0.15) is 0 Å². The molecule has 0 aromatic heterocycles. The normalized spacial score (nSPS) is 17.3. The van der Waals surface area contributed by atoms with Crippen LogP contribution in [0.4, 0.5) is 10.5 Å². The molecule has 0 fully saturated rings. The number of nitrogens with one attached hydrogen (secondary N) is 2. The van der Waals surface area contributed by atoms with Gasteiger partial charge in [0.2, 0.25) is 5.91 Å². The fourth-order valence-corrected chi connectivity index (χ4v) is 2.96. The number of hydrogen-bond donors (Lipinski definition) is 2. The van der Waals surface area contributed by atoms with Gasteiger partial charge in [0.05, 0.1) is 0 Å². The molecule has 29 heavy (non-hydrogen) atoms. The molecule has 0 heterocycles. The van der Waals surface area contributed by atoms with Crippen molar-refractivity contribution in [1.29, 1.82) is 0 Å². The van der Waals surface area contributed by atoms with Gasteiger partial charge in [-0.25, -0.2) is 4.79 Å². The molecule has 1 atom stereocenters. The number of carbonyl (C=O) groups is 2. The highest BCUT2D eigenvalue weighted by Crippen LogP contribution is 2.15. The number of carbonyl (C=O) groups excluding carboxylic acids is 2. The van der Waals surface area contributed by atoms with Gasteiger partial charge in [-0.3, -0.25) is 4.79 Å². The molecule has 2 rings (SSSR count). The van der Waals surface area contributed by atoms with E-state index >= 15 is 0 Å². The van der Waals surface area contributed by atoms with Crippen molar-refractivity contribution in [2.75, 3.05) is 11.9 Å². The maximum Gasteiger partial charge on any atom is 0.407 e. The van der Waals surface area contributed by atoms with Gasteiger partial charge in [-0.1, -0.05) is 37.8 Å². The molecule has 1 aliphatic carbocycles. The average Bonchev–Trinajstić information content (AvgIpc) is 2.67. The number of allylic oxidation sites excluding steroid dienone is 2. The van der Waals surface area contributed by atoms with E-state index in [-0.39, 0.29) is 12.0 Å². The van der Waals surface area contributed by atoms with Crippen LogP contribution in [0.25, 0.3) is 0 Å². The molecular weight excluding hydrogens is 364 g/mol. The second kappa shape index (κ2) is 12.7. The van der Waals surface area contributed by atoms with Crippen LogP contribution in [0.2, 0.25) is 0 Å². The Bertz CT molecular complexity index is 742. The van der Waals surface area contributed by atoms with Crippen molar-refractivity contribution >= 4 is 17.7 Å². The van der Waals surface area contributed by atoms with Crippen LogP contribution in [0.1, 0.15) is 64.4 Å². The molecule has 1 unspecified atom stereocenters. The summed E-state index contributed by atoms with van der Waals surface area (Å²) in [7, 11) is 0. The van der Waals surface area contributed by atoms with Gasteiger partial charge in [0.25, 0.3) is 0 Å². The third-order valence-electron chi connectivity index (χ3n) is 4.52. The van der Waals surface area contributed by atoms with E-state index in [0.717, 1.165) is 43.4 Å². The number of ether oxygens (including phenoxy) is 1. The number of alkyl carbamates (subject to hydrolysis) is 1. The molecule has 0 spiro atoms. The first-order valence-electron chi connectivity index (χ1n) is 10.5. The van der Waals surface area contributed by atoms with E-state index in [0.29, 0.717) is 25.3 Å². The first-order chi connectivity index (χ1) is 14.0. The van der Waals surface area contributed by atoms with Crippen molar-refractivity contribution in [1.82, 2.24) is 5.32 Å². The van der Waals surface area contributed by atoms with E-state index < -0.39 is 6.09 Å². The Hall–Kier alpha value is -2.74. The van der Waals surface area contributed by atoms with Crippen molar-refractivity contribution in [2.24, 2.45) is 5.92 Å². The van der Waals surface area contributed by atoms with Crippen molar-refractivity contribution in [3.8, 4) is 11.8 Å². The van der Waals surface area contributed by atoms with Crippen LogP contribution in [0.15, 0.2) is 36.4 Å². The molecular formula is C24H32N2O3. The third-order valence-corrected chi connectivity index (χ3v) is 4.52. The Morgan fingerprint density at radius 3 is 2.66 bits per heavy atom. The molecule has 2 N–H and O–H groups in total. The van der Waals surface area contributed by atoms with Gasteiger partial charge in [0.1, 0.15) is 6.10 Å². The number of benzene rings is 1. The second-order valence-corrected chi connectivity index (χ2v) is 7.59. The van der Waals surface area contributed by atoms with Crippen LogP contribution < -0.4 is 10.6 Å². The van der Waals surface area contributed by atoms with Crippen LogP contribution in [-0.4, -0.2) is 24.6 Å². The number of rotatable bonds is 6. The van der Waals surface area contributed by atoms with E-state index in [4.69, 9.17) is 4.74 Å². The number of anilines is 1. The lowest BCUT2D eigenvalue weighted by Gasteiger charge is -2.18. The zero-order valence-electron chi connectivity index (χ0n) is 17.5. The summed E-state index contributed by atoms with van der Waals surface area (Å²) >= 11 is 0. The molecule has 156 valence electrons. The summed E-state index contributed by atoms with van der Waals surface area (Å²) in [5.74, 6) is 6.46. The monoisotopic (exact) mass is 396 g/mol. The molecule has 5 heteroatoms. The molecule has 1 aromatic carbocycles. The van der Waals surface area contributed by atoms with Crippen LogP contribution in [0.3, 0.4) is 0 Å². The van der Waals surface area contributed by atoms with Crippen LogP contribution >= 0.6 is 0 Å². The molecule has 2 amide bonds. The van der Waals surface area contributed by atoms with Crippen LogP contribution in [0.5, 0.6) is 0 Å². The summed E-state index contributed by atoms with van der Waals surface area (Å²) in [4.78, 5) is 24.0. The summed E-state index contributed by atoms with van der Waals surface area (Å²) in [6.07, 6.45) is 9.64. The number of amides is 2. The van der Waals surface area contributed by atoms with E-state index in [9.17, 15) is 9.59 Å². The van der Waals surface area contributed by atoms with Gasteiger partial charge < -0.3 is 15.4 Å². The smallest absolute Gasteiger partial charge is 0.407 e. The van der Waals surface area contributed by atoms with Crippen molar-refractivity contribution < 1.29 is 14.3 Å². The van der Waals surface area contributed by atoms with Gasteiger partial charge in [-0.15, -0.1) is 0 Å². The molecule has 0 aliphatic heterocycles. The minimum Gasteiger partial charge on any atom is -0.446 e. The zero-order valence-corrected chi connectivity index (χ0v) is 17.5. The highest BCUT2D eigenvalue weighted by Gasteiger charge is 2.14. The first kappa shape index (κ1) is 22.5. The maximum absolute atomic E-state index is 12.1. The molecule has 0 radical (unpaired) electrons. The maximum atomic E-state index is 12.1. The topological polar surface area (TPSA) is 67.4 Å². The predicted octanol–water partition coefficient (Wildman–Crippen LogP) is 5.03. The van der Waals surface area contributed by atoms with E-state index in [1.165, 1.54) is 0 Å². The molecule has 0 bridgehead atoms. The Balaban J connectivity index is 1.62. The molecule has 1 aliphatic rings. The largest absolute Gasteiger partial charge is 0.446 e. The molecule has 1 aromatic rings. The fraction of sp³-hybridized carbons (Fsp3) is 0.500. The summed E-state index contributed by atoms with van der Waals surface area (Å²) in [6.45, 7) is 4.51. The Labute approximate surface area is 174 Å². The minimum atomic E-state index is -0.391. The average molecular weight is 397 g/mol. The molecule has 0 saturated carbocycles. The van der Waals surface area contributed by atoms with Gasteiger partial charge in [-0.05, 0) is 62.8 Å². The van der Waals surface area contributed by atoms with Crippen molar-refractivity contribution in [3.05, 3.63) is 42.0 Å². The van der Waals surface area contributed by atoms with Gasteiger partial charge in [0.15, 0.2) is 0 Å². The van der Waals surface area contributed by atoms with E-state index in [1.807, 2.05) is 38.1 Å². The second-order valence-electron chi connectivity index (χ2n) is 7.59. The Kier molecular flexibility index (Phi) is 9.85. The lowest BCUT2D eigenvalue weighted by molar-refractivity contribution is -0.116. The van der Waals surface area contributed by atoms with Crippen LogP contribution in [0, 0.1) is 17.8 Å². The zero-order chi connectivity index (χ0) is 20.9. The van der Waals surface area contributed by atoms with E-state index in [2.05, 4.69) is 34.6 Å². The number of hydrogen-bond acceptors (Lipinski definition) is 3. The quantitative estimate of drug-likeness (QED) is 0.403. The van der Waals surface area contributed by atoms with Crippen molar-refractivity contribution in [2.45, 2.75) is 64.9 Å². The molecule has 5 nitrogen and oxygen atoms in total. The first-order valence-corrected chi connectivity index (χ1v) is 10.5. The summed E-state index contributed by atoms with van der Waals surface area (Å²) in [5.41, 5.74) is 1.68. The molecule has 0 saturated heterocycles. The van der Waals surface area contributed by atoms with Gasteiger partial charge >= 0.3 is 6.09 Å². The highest BCUT2D eigenvalue weighted by atomic mass is 16.6. The standard InChI is InChI=1S/C24H32N2O3/c1-19(2)12-13-20-14-16-21(17-15-20)26-23(27)11-8-18-25-24(28)29-22-9-6-4-3-5-7-10-22/h3-4,14-17,19,22H,5-11,18H2,1-2H3,(H,25,28)(H,26,27)/b4-3+. The summed E-state index contributed by atoms with van der Waals surface area (Å²) in [6, 6.07) is 7.49. The van der Waals surface area contributed by atoms with Crippen LogP contribution in [-0.2, 0) is 9.53 Å². The Morgan fingerprint density at radius 2 is 1.90 bits per heavy atom. The SMILES string of the molecule is CC(C)C#Cc1ccc(NC(=O)CCCNC(=O)OC2CC/C=C/CCC2)cc1. The van der Waals surface area contributed by atoms with Gasteiger partial charge in [0, 0.05) is 30.1 Å². The predicted molar refractivity (Wildman–Crippen MR) is 117 cm³/mol. The highest BCUT2D eigenvalue weighted by molar-refractivity contribution is 5.90.